The molecule has 1 N–H and O–H groups in total. The van der Waals surface area contributed by atoms with Crippen LogP contribution in [0.1, 0.15) is 22.3 Å². The van der Waals surface area contributed by atoms with Crippen LogP contribution in [-0.2, 0) is 11.3 Å². The highest BCUT2D eigenvalue weighted by atomic mass is 79.9. The van der Waals surface area contributed by atoms with Crippen LogP contribution in [0.25, 0.3) is 0 Å². The molecule has 5 nitrogen and oxygen atoms in total. The lowest BCUT2D eigenvalue weighted by atomic mass is 10.2. The SMILES string of the molecule is CN(Cc1cccnc1)C(=O)CCNC(=O)c1cc(F)ccc1Br. The van der Waals surface area contributed by atoms with E-state index in [0.717, 1.165) is 11.6 Å². The number of carbonyl (C=O) groups excluding carboxylic acids is 2. The highest BCUT2D eigenvalue weighted by molar-refractivity contribution is 9.10. The largest absolute Gasteiger partial charge is 0.351 e. The first-order valence-electron chi connectivity index (χ1n) is 7.33. The molecular weight excluding hydrogens is 377 g/mol. The molecule has 0 fully saturated rings. The van der Waals surface area contributed by atoms with Crippen LogP contribution in [0.2, 0.25) is 0 Å². The minimum atomic E-state index is -0.490. The Morgan fingerprint density at radius 2 is 2.12 bits per heavy atom. The second-order valence-corrected chi connectivity index (χ2v) is 6.10. The Morgan fingerprint density at radius 1 is 1.33 bits per heavy atom. The third-order valence-corrected chi connectivity index (χ3v) is 4.06. The number of carbonyl (C=O) groups is 2. The number of nitrogens with one attached hydrogen (secondary N) is 1. The quantitative estimate of drug-likeness (QED) is 0.820. The van der Waals surface area contributed by atoms with Gasteiger partial charge < -0.3 is 10.2 Å². The minimum Gasteiger partial charge on any atom is -0.351 e. The summed E-state index contributed by atoms with van der Waals surface area (Å²) in [5, 5.41) is 2.62. The first-order chi connectivity index (χ1) is 11.5. The van der Waals surface area contributed by atoms with Crippen LogP contribution in [0, 0.1) is 5.82 Å². The molecule has 0 aliphatic heterocycles. The molecule has 126 valence electrons. The average Bonchev–Trinajstić information content (AvgIpc) is 2.57. The lowest BCUT2D eigenvalue weighted by Crippen LogP contribution is -2.32. The van der Waals surface area contributed by atoms with Crippen LogP contribution in [0.15, 0.2) is 47.2 Å². The molecule has 0 aliphatic carbocycles. The molecular formula is C17H17BrFN3O2. The van der Waals surface area contributed by atoms with E-state index in [1.807, 2.05) is 12.1 Å². The zero-order chi connectivity index (χ0) is 17.5. The summed E-state index contributed by atoms with van der Waals surface area (Å²) < 4.78 is 13.7. The van der Waals surface area contributed by atoms with Crippen molar-refractivity contribution in [3.8, 4) is 0 Å². The summed E-state index contributed by atoms with van der Waals surface area (Å²) in [4.78, 5) is 29.7. The van der Waals surface area contributed by atoms with Crippen LogP contribution in [0.4, 0.5) is 4.39 Å². The number of halogens is 2. The third kappa shape index (κ3) is 5.13. The molecule has 7 heteroatoms. The second-order valence-electron chi connectivity index (χ2n) is 5.24. The topological polar surface area (TPSA) is 62.3 Å². The number of aromatic nitrogens is 1. The van der Waals surface area contributed by atoms with Gasteiger partial charge in [-0.15, -0.1) is 0 Å². The van der Waals surface area contributed by atoms with Gasteiger partial charge in [0.25, 0.3) is 5.91 Å². The van der Waals surface area contributed by atoms with Crippen molar-refractivity contribution in [2.45, 2.75) is 13.0 Å². The maximum atomic E-state index is 13.2. The van der Waals surface area contributed by atoms with Gasteiger partial charge in [-0.1, -0.05) is 6.07 Å². The molecule has 1 aromatic carbocycles. The van der Waals surface area contributed by atoms with E-state index in [9.17, 15) is 14.0 Å². The van der Waals surface area contributed by atoms with Crippen molar-refractivity contribution in [3.05, 3.63) is 64.1 Å². The summed E-state index contributed by atoms with van der Waals surface area (Å²) >= 11 is 3.20. The van der Waals surface area contributed by atoms with Crippen molar-refractivity contribution < 1.29 is 14.0 Å². The van der Waals surface area contributed by atoms with Crippen molar-refractivity contribution in [2.24, 2.45) is 0 Å². The fourth-order valence-electron chi connectivity index (χ4n) is 2.09. The van der Waals surface area contributed by atoms with E-state index in [1.165, 1.54) is 12.1 Å². The molecule has 24 heavy (non-hydrogen) atoms. The minimum absolute atomic E-state index is 0.0996. The molecule has 2 rings (SSSR count). The predicted molar refractivity (Wildman–Crippen MR) is 91.8 cm³/mol. The Balaban J connectivity index is 1.81. The number of rotatable bonds is 6. The molecule has 0 unspecified atom stereocenters. The number of benzene rings is 1. The maximum Gasteiger partial charge on any atom is 0.252 e. The molecule has 0 atom stereocenters. The summed E-state index contributed by atoms with van der Waals surface area (Å²) in [5.74, 6) is -1.02. The van der Waals surface area contributed by atoms with Gasteiger partial charge in [-0.05, 0) is 45.8 Å². The van der Waals surface area contributed by atoms with Crippen molar-refractivity contribution in [2.75, 3.05) is 13.6 Å². The van der Waals surface area contributed by atoms with Gasteiger partial charge in [0.15, 0.2) is 0 Å². The second kappa shape index (κ2) is 8.54. The molecule has 0 spiro atoms. The Labute approximate surface area is 148 Å². The first-order valence-corrected chi connectivity index (χ1v) is 8.13. The van der Waals surface area contributed by atoms with Crippen molar-refractivity contribution in [1.29, 1.82) is 0 Å². The van der Waals surface area contributed by atoms with Gasteiger partial charge in [0.2, 0.25) is 5.91 Å². The van der Waals surface area contributed by atoms with E-state index in [0.29, 0.717) is 11.0 Å². The van der Waals surface area contributed by atoms with E-state index in [-0.39, 0.29) is 24.4 Å². The van der Waals surface area contributed by atoms with Crippen molar-refractivity contribution in [3.63, 3.8) is 0 Å². The molecule has 1 aromatic heterocycles. The molecule has 0 aliphatic rings. The number of hydrogen-bond acceptors (Lipinski definition) is 3. The van der Waals surface area contributed by atoms with Gasteiger partial charge >= 0.3 is 0 Å². The first kappa shape index (κ1) is 18.1. The average molecular weight is 394 g/mol. The van der Waals surface area contributed by atoms with E-state index < -0.39 is 11.7 Å². The van der Waals surface area contributed by atoms with Gasteiger partial charge in [-0.2, -0.15) is 0 Å². The maximum absolute atomic E-state index is 13.2. The number of hydrogen-bond donors (Lipinski definition) is 1. The molecule has 0 saturated carbocycles. The zero-order valence-electron chi connectivity index (χ0n) is 13.1. The highest BCUT2D eigenvalue weighted by Crippen LogP contribution is 2.17. The third-order valence-electron chi connectivity index (χ3n) is 3.37. The van der Waals surface area contributed by atoms with Gasteiger partial charge in [0.1, 0.15) is 5.82 Å². The van der Waals surface area contributed by atoms with Crippen LogP contribution in [0.5, 0.6) is 0 Å². The number of nitrogens with zero attached hydrogens (tertiary/aromatic N) is 2. The van der Waals surface area contributed by atoms with E-state index >= 15 is 0 Å². The normalized spacial score (nSPS) is 10.3. The Morgan fingerprint density at radius 3 is 2.83 bits per heavy atom. The molecule has 0 saturated heterocycles. The smallest absolute Gasteiger partial charge is 0.252 e. The zero-order valence-corrected chi connectivity index (χ0v) is 14.7. The number of amides is 2. The fourth-order valence-corrected chi connectivity index (χ4v) is 2.52. The van der Waals surface area contributed by atoms with Crippen molar-refractivity contribution in [1.82, 2.24) is 15.2 Å². The molecule has 0 radical (unpaired) electrons. The lowest BCUT2D eigenvalue weighted by Gasteiger charge is -2.17. The Bertz CT molecular complexity index is 725. The standard InChI is InChI=1S/C17H17BrFN3O2/c1-22(11-12-3-2-7-20-10-12)16(23)6-8-21-17(24)14-9-13(19)4-5-15(14)18/h2-5,7,9-10H,6,8,11H2,1H3,(H,21,24). The van der Waals surface area contributed by atoms with E-state index in [4.69, 9.17) is 0 Å². The molecule has 2 amide bonds. The van der Waals surface area contributed by atoms with E-state index in [2.05, 4.69) is 26.2 Å². The Kier molecular flexibility index (Phi) is 6.43. The van der Waals surface area contributed by atoms with Crippen LogP contribution in [-0.4, -0.2) is 35.3 Å². The monoisotopic (exact) mass is 393 g/mol. The number of pyridine rings is 1. The highest BCUT2D eigenvalue weighted by Gasteiger charge is 2.13. The molecule has 1 heterocycles. The van der Waals surface area contributed by atoms with Gasteiger partial charge in [0, 0.05) is 43.4 Å². The lowest BCUT2D eigenvalue weighted by molar-refractivity contribution is -0.130. The van der Waals surface area contributed by atoms with Gasteiger partial charge in [-0.25, -0.2) is 4.39 Å². The van der Waals surface area contributed by atoms with Gasteiger partial charge in [0.05, 0.1) is 5.56 Å². The fraction of sp³-hybridized carbons (Fsp3) is 0.235. The van der Waals surface area contributed by atoms with Gasteiger partial charge in [-0.3, -0.25) is 14.6 Å². The summed E-state index contributed by atoms with van der Waals surface area (Å²) in [6.45, 7) is 0.633. The van der Waals surface area contributed by atoms with Crippen LogP contribution >= 0.6 is 15.9 Å². The summed E-state index contributed by atoms with van der Waals surface area (Å²) in [5.41, 5.74) is 1.13. The summed E-state index contributed by atoms with van der Waals surface area (Å²) in [6.07, 6.45) is 3.54. The molecule has 2 aromatic rings. The predicted octanol–water partition coefficient (Wildman–Crippen LogP) is 2.76. The Hall–Kier alpha value is -2.28. The summed E-state index contributed by atoms with van der Waals surface area (Å²) in [6, 6.07) is 7.58. The van der Waals surface area contributed by atoms with Crippen molar-refractivity contribution >= 4 is 27.7 Å². The van der Waals surface area contributed by atoms with E-state index in [1.54, 1.807) is 24.3 Å². The van der Waals surface area contributed by atoms with Crippen LogP contribution < -0.4 is 5.32 Å². The summed E-state index contributed by atoms with van der Waals surface area (Å²) in [7, 11) is 1.69. The molecule has 0 bridgehead atoms. The van der Waals surface area contributed by atoms with Crippen LogP contribution in [0.3, 0.4) is 0 Å².